The quantitative estimate of drug-likeness (QED) is 0.570. The summed E-state index contributed by atoms with van der Waals surface area (Å²) >= 11 is 0. The minimum atomic E-state index is 0. The van der Waals surface area contributed by atoms with Gasteiger partial charge in [0.05, 0.1) is 0 Å². The molecular formula is N4Ti4. The average molecular weight is 247 g/mol. The maximum atomic E-state index is 0. The third-order valence-electron chi connectivity index (χ3n) is 0. The van der Waals surface area contributed by atoms with E-state index >= 15 is 0 Å². The van der Waals surface area contributed by atoms with Crippen molar-refractivity contribution in [2.24, 2.45) is 0 Å². The molecule has 0 fully saturated rings. The molecule has 8 heteroatoms. The molecule has 8 heavy (non-hydrogen) atoms. The zero-order valence-corrected chi connectivity index (χ0v) is 10.0. The average Bonchev–Trinajstić information content (AvgIpc) is 0. The third kappa shape index (κ3) is 70.8. The van der Waals surface area contributed by atoms with Crippen LogP contribution in [-0.4, -0.2) is 0 Å². The molecule has 0 saturated carbocycles. The Morgan fingerprint density at radius 3 is 0.375 bits per heavy atom. The number of rotatable bonds is 0. The van der Waals surface area contributed by atoms with Gasteiger partial charge in [-0.05, 0) is 0 Å². The van der Waals surface area contributed by atoms with Gasteiger partial charge in [-0.2, -0.15) is 0 Å². The summed E-state index contributed by atoms with van der Waals surface area (Å²) in [5.41, 5.74) is 0. The van der Waals surface area contributed by atoms with Crippen molar-refractivity contribution in [2.75, 3.05) is 0 Å². The zero-order valence-electron chi connectivity index (χ0n) is 3.79. The molecule has 0 spiro atoms. The maximum Gasteiger partial charge on any atom is 4.00 e. The van der Waals surface area contributed by atoms with Crippen LogP contribution in [0.3, 0.4) is 0 Å². The van der Waals surface area contributed by atoms with E-state index in [1.54, 1.807) is 0 Å². The van der Waals surface area contributed by atoms with Crippen molar-refractivity contribution in [1.29, 1.82) is 0 Å². The third-order valence-corrected chi connectivity index (χ3v) is 0. The standard InChI is InChI=1S/4N.4Ti/q4*-3;;3*+4. The van der Waals surface area contributed by atoms with Gasteiger partial charge in [0.2, 0.25) is 0 Å². The summed E-state index contributed by atoms with van der Waals surface area (Å²) < 4.78 is 0. The van der Waals surface area contributed by atoms with Gasteiger partial charge in [-0.1, -0.05) is 0 Å². The van der Waals surface area contributed by atoms with Crippen LogP contribution < -0.4 is 0 Å². The predicted octanol–water partition coefficient (Wildman–Crippen LogP) is 1.14. The van der Waals surface area contributed by atoms with Crippen LogP contribution in [0.2, 0.25) is 0 Å². The van der Waals surface area contributed by atoms with Crippen LogP contribution >= 0.6 is 0 Å². The van der Waals surface area contributed by atoms with Crippen molar-refractivity contribution in [1.82, 2.24) is 0 Å². The molecule has 0 atom stereocenters. The topological polar surface area (TPSA) is 122 Å². The molecule has 0 aliphatic carbocycles. The summed E-state index contributed by atoms with van der Waals surface area (Å²) in [7, 11) is 0. The smallest absolute Gasteiger partial charge is 3.00 e. The van der Waals surface area contributed by atoms with E-state index in [4.69, 9.17) is 0 Å². The molecule has 0 aromatic carbocycles. The fourth-order valence-corrected chi connectivity index (χ4v) is 0. The molecule has 0 aromatic rings. The van der Waals surface area contributed by atoms with Gasteiger partial charge in [-0.15, -0.1) is 0 Å². The van der Waals surface area contributed by atoms with Crippen molar-refractivity contribution in [3.63, 3.8) is 0 Å². The molecule has 0 amide bonds. The molecule has 0 aromatic heterocycles. The van der Waals surface area contributed by atoms with Crippen LogP contribution in [0.25, 0.3) is 24.6 Å². The Balaban J connectivity index is 0. The number of nitrogens with zero attached hydrogens (tertiary/aromatic N) is 4. The first-order chi connectivity index (χ1) is 0. The molecule has 0 saturated heterocycles. The summed E-state index contributed by atoms with van der Waals surface area (Å²) in [5, 5.41) is 0. The van der Waals surface area contributed by atoms with Crippen LogP contribution in [0.15, 0.2) is 0 Å². The fraction of sp³-hybridized carbons (Fsp3) is 0. The van der Waals surface area contributed by atoms with E-state index in [1.165, 1.54) is 0 Å². The van der Waals surface area contributed by atoms with Gasteiger partial charge in [-0.25, -0.2) is 0 Å². The zero-order chi connectivity index (χ0) is 0. The van der Waals surface area contributed by atoms with Crippen molar-refractivity contribution < 1.29 is 86.9 Å². The molecule has 0 bridgehead atoms. The van der Waals surface area contributed by atoms with E-state index < -0.39 is 0 Å². The minimum Gasteiger partial charge on any atom is -3.00 e. The molecule has 0 heterocycles. The first-order valence-corrected chi connectivity index (χ1v) is 0. The summed E-state index contributed by atoms with van der Waals surface area (Å²) in [4.78, 5) is 0. The van der Waals surface area contributed by atoms with Crippen LogP contribution in [0.5, 0.6) is 0 Å². The van der Waals surface area contributed by atoms with Gasteiger partial charge >= 0.3 is 65.2 Å². The number of hydrogen-bond donors (Lipinski definition) is 0. The Morgan fingerprint density at radius 1 is 0.375 bits per heavy atom. The summed E-state index contributed by atoms with van der Waals surface area (Å²) in [6.07, 6.45) is 0. The molecule has 0 unspecified atom stereocenters. The van der Waals surface area contributed by atoms with E-state index in [1.807, 2.05) is 0 Å². The van der Waals surface area contributed by atoms with E-state index in [2.05, 4.69) is 0 Å². The van der Waals surface area contributed by atoms with Crippen LogP contribution in [0, 0.1) is 0 Å². The second-order valence-electron chi connectivity index (χ2n) is 0. The second-order valence-corrected chi connectivity index (χ2v) is 0. The van der Waals surface area contributed by atoms with Crippen molar-refractivity contribution in [2.45, 2.75) is 0 Å². The van der Waals surface area contributed by atoms with Crippen molar-refractivity contribution in [3.05, 3.63) is 24.6 Å². The van der Waals surface area contributed by atoms with E-state index in [0.29, 0.717) is 0 Å². The molecule has 0 N–H and O–H groups in total. The largest absolute Gasteiger partial charge is 4.00 e. The normalized spacial score (nSPS) is 0. The second kappa shape index (κ2) is 101. The van der Waals surface area contributed by atoms with E-state index in [0.717, 1.165) is 0 Å². The van der Waals surface area contributed by atoms with Crippen LogP contribution in [0.4, 0.5) is 0 Å². The molecular weight excluding hydrogens is 247 g/mol. The van der Waals surface area contributed by atoms with Gasteiger partial charge in [0, 0.05) is 21.7 Å². The Bertz CT molecular complexity index is 8.00. The Hall–Kier alpha value is 2.70. The van der Waals surface area contributed by atoms with Gasteiger partial charge in [0.15, 0.2) is 0 Å². The van der Waals surface area contributed by atoms with E-state index in [-0.39, 0.29) is 111 Å². The SMILES string of the molecule is [N-3].[N-3].[N-3].[N-3].[Ti+4].[Ti+4].[Ti+4].[Ti]. The monoisotopic (exact) mass is 248 g/mol. The first-order valence-electron chi connectivity index (χ1n) is 0. The number of hydrogen-bond acceptors (Lipinski definition) is 0. The maximum absolute atomic E-state index is 0. The Morgan fingerprint density at radius 2 is 0.375 bits per heavy atom. The predicted molar refractivity (Wildman–Crippen MR) is 13.4 cm³/mol. The molecule has 0 aliphatic rings. The van der Waals surface area contributed by atoms with Gasteiger partial charge < -0.3 is 24.6 Å². The van der Waals surface area contributed by atoms with Gasteiger partial charge in [0.1, 0.15) is 0 Å². The van der Waals surface area contributed by atoms with Gasteiger partial charge in [-0.3, -0.25) is 0 Å². The molecule has 0 rings (SSSR count). The summed E-state index contributed by atoms with van der Waals surface area (Å²) in [5.74, 6) is 0. The van der Waals surface area contributed by atoms with Crippen molar-refractivity contribution in [3.8, 4) is 0 Å². The van der Waals surface area contributed by atoms with E-state index in [9.17, 15) is 0 Å². The molecule has 4 nitrogen and oxygen atoms in total. The van der Waals surface area contributed by atoms with Gasteiger partial charge in [0.25, 0.3) is 0 Å². The Kier molecular flexibility index (Phi) is 1740. The first kappa shape index (κ1) is 138. The minimum absolute atomic E-state index is 0. The van der Waals surface area contributed by atoms with Crippen molar-refractivity contribution >= 4 is 0 Å². The van der Waals surface area contributed by atoms with Crippen LogP contribution in [-0.2, 0) is 86.9 Å². The summed E-state index contributed by atoms with van der Waals surface area (Å²) in [6.45, 7) is 0. The molecule has 36 valence electrons. The molecule has 0 radical (unpaired) electrons. The Labute approximate surface area is 110 Å². The fourth-order valence-electron chi connectivity index (χ4n) is 0. The van der Waals surface area contributed by atoms with Crippen LogP contribution in [0.1, 0.15) is 0 Å². The summed E-state index contributed by atoms with van der Waals surface area (Å²) in [6, 6.07) is 0. The molecule has 0 aliphatic heterocycles.